The van der Waals surface area contributed by atoms with E-state index in [1.165, 1.54) is 0 Å². The SMILES string of the molecule is CCCOCc1cc(C(=O)N[C@@H](C)COC)ccc1OCC. The zero-order chi connectivity index (χ0) is 16.4. The summed E-state index contributed by atoms with van der Waals surface area (Å²) in [6.07, 6.45) is 0.957. The largest absolute Gasteiger partial charge is 0.494 e. The van der Waals surface area contributed by atoms with Gasteiger partial charge in [-0.1, -0.05) is 6.92 Å². The Labute approximate surface area is 132 Å². The van der Waals surface area contributed by atoms with Crippen LogP contribution in [0.1, 0.15) is 43.1 Å². The van der Waals surface area contributed by atoms with Crippen LogP contribution in [-0.4, -0.2) is 38.9 Å². The number of ether oxygens (including phenoxy) is 3. The van der Waals surface area contributed by atoms with Crippen molar-refractivity contribution in [1.82, 2.24) is 5.32 Å². The van der Waals surface area contributed by atoms with Gasteiger partial charge in [-0.05, 0) is 38.5 Å². The first-order valence-corrected chi connectivity index (χ1v) is 7.75. The van der Waals surface area contributed by atoms with Crippen molar-refractivity contribution in [2.75, 3.05) is 26.9 Å². The van der Waals surface area contributed by atoms with Gasteiger partial charge < -0.3 is 19.5 Å². The number of rotatable bonds is 10. The van der Waals surface area contributed by atoms with Crippen LogP contribution in [0.25, 0.3) is 0 Å². The first-order chi connectivity index (χ1) is 10.6. The molecule has 0 aliphatic rings. The Hall–Kier alpha value is -1.59. The second-order valence-corrected chi connectivity index (χ2v) is 5.14. The molecule has 5 heteroatoms. The molecule has 5 nitrogen and oxygen atoms in total. The first-order valence-electron chi connectivity index (χ1n) is 7.75. The lowest BCUT2D eigenvalue weighted by molar-refractivity contribution is 0.0904. The summed E-state index contributed by atoms with van der Waals surface area (Å²) in [7, 11) is 1.61. The van der Waals surface area contributed by atoms with Gasteiger partial charge in [0, 0.05) is 30.9 Å². The average molecular weight is 309 g/mol. The Morgan fingerprint density at radius 1 is 1.32 bits per heavy atom. The number of carbonyl (C=O) groups excluding carboxylic acids is 1. The van der Waals surface area contributed by atoms with Gasteiger partial charge in [0.1, 0.15) is 5.75 Å². The molecule has 0 saturated carbocycles. The van der Waals surface area contributed by atoms with Crippen molar-refractivity contribution < 1.29 is 19.0 Å². The third-order valence-corrected chi connectivity index (χ3v) is 3.02. The Bertz CT molecular complexity index is 462. The molecule has 0 unspecified atom stereocenters. The summed E-state index contributed by atoms with van der Waals surface area (Å²) in [5.41, 5.74) is 1.49. The molecule has 0 aromatic heterocycles. The van der Waals surface area contributed by atoms with E-state index in [1.54, 1.807) is 13.2 Å². The Kier molecular flexibility index (Phi) is 8.55. The maximum absolute atomic E-state index is 12.2. The molecule has 1 rings (SSSR count). The van der Waals surface area contributed by atoms with Crippen LogP contribution >= 0.6 is 0 Å². The summed E-state index contributed by atoms with van der Waals surface area (Å²) in [4.78, 5) is 12.2. The fourth-order valence-corrected chi connectivity index (χ4v) is 2.06. The van der Waals surface area contributed by atoms with E-state index in [9.17, 15) is 4.79 Å². The van der Waals surface area contributed by atoms with E-state index >= 15 is 0 Å². The van der Waals surface area contributed by atoms with E-state index in [1.807, 2.05) is 26.0 Å². The van der Waals surface area contributed by atoms with Crippen molar-refractivity contribution in [1.29, 1.82) is 0 Å². The molecule has 1 N–H and O–H groups in total. The molecule has 1 aromatic carbocycles. The van der Waals surface area contributed by atoms with Crippen LogP contribution in [0.2, 0.25) is 0 Å². The molecule has 0 fully saturated rings. The van der Waals surface area contributed by atoms with Gasteiger partial charge in [0.25, 0.3) is 5.91 Å². The minimum absolute atomic E-state index is 0.0381. The number of hydrogen-bond acceptors (Lipinski definition) is 4. The molecule has 1 atom stereocenters. The highest BCUT2D eigenvalue weighted by Gasteiger charge is 2.13. The molecular formula is C17H27NO4. The molecule has 1 aromatic rings. The van der Waals surface area contributed by atoms with Crippen molar-refractivity contribution in [3.8, 4) is 5.75 Å². The van der Waals surface area contributed by atoms with Crippen LogP contribution in [-0.2, 0) is 16.1 Å². The summed E-state index contributed by atoms with van der Waals surface area (Å²) < 4.78 is 16.2. The van der Waals surface area contributed by atoms with Gasteiger partial charge in [-0.2, -0.15) is 0 Å². The monoisotopic (exact) mass is 309 g/mol. The number of methoxy groups -OCH3 is 1. The highest BCUT2D eigenvalue weighted by Crippen LogP contribution is 2.21. The van der Waals surface area contributed by atoms with E-state index < -0.39 is 0 Å². The van der Waals surface area contributed by atoms with Crippen molar-refractivity contribution >= 4 is 5.91 Å². The molecule has 0 aliphatic heterocycles. The summed E-state index contributed by atoms with van der Waals surface area (Å²) in [5, 5.41) is 2.90. The number of nitrogens with one attached hydrogen (secondary N) is 1. The molecular weight excluding hydrogens is 282 g/mol. The third kappa shape index (κ3) is 6.03. The summed E-state index contributed by atoms with van der Waals surface area (Å²) in [6.45, 7) is 8.09. The third-order valence-electron chi connectivity index (χ3n) is 3.02. The fourth-order valence-electron chi connectivity index (χ4n) is 2.06. The lowest BCUT2D eigenvalue weighted by Crippen LogP contribution is -2.35. The smallest absolute Gasteiger partial charge is 0.251 e. The second kappa shape index (κ2) is 10.2. The van der Waals surface area contributed by atoms with Crippen molar-refractivity contribution in [2.24, 2.45) is 0 Å². The van der Waals surface area contributed by atoms with Crippen molar-refractivity contribution in [3.63, 3.8) is 0 Å². The topological polar surface area (TPSA) is 56.8 Å². The lowest BCUT2D eigenvalue weighted by Gasteiger charge is -2.15. The number of carbonyl (C=O) groups is 1. The molecule has 0 bridgehead atoms. The van der Waals surface area contributed by atoms with E-state index in [0.29, 0.717) is 32.0 Å². The second-order valence-electron chi connectivity index (χ2n) is 5.14. The van der Waals surface area contributed by atoms with Crippen LogP contribution < -0.4 is 10.1 Å². The van der Waals surface area contributed by atoms with Gasteiger partial charge in [-0.15, -0.1) is 0 Å². The van der Waals surface area contributed by atoms with Gasteiger partial charge in [0.15, 0.2) is 0 Å². The molecule has 22 heavy (non-hydrogen) atoms. The van der Waals surface area contributed by atoms with Gasteiger partial charge in [0.05, 0.1) is 19.8 Å². The normalized spacial score (nSPS) is 12.0. The van der Waals surface area contributed by atoms with Gasteiger partial charge in [-0.3, -0.25) is 4.79 Å². The van der Waals surface area contributed by atoms with E-state index in [4.69, 9.17) is 14.2 Å². The van der Waals surface area contributed by atoms with Crippen LogP contribution in [0.15, 0.2) is 18.2 Å². The minimum Gasteiger partial charge on any atom is -0.494 e. The summed E-state index contributed by atoms with van der Waals surface area (Å²) in [5.74, 6) is 0.643. The van der Waals surface area contributed by atoms with Crippen molar-refractivity contribution in [2.45, 2.75) is 39.8 Å². The summed E-state index contributed by atoms with van der Waals surface area (Å²) >= 11 is 0. The van der Waals surface area contributed by atoms with Crippen LogP contribution in [0.4, 0.5) is 0 Å². The highest BCUT2D eigenvalue weighted by atomic mass is 16.5. The van der Waals surface area contributed by atoms with Crippen molar-refractivity contribution in [3.05, 3.63) is 29.3 Å². The Morgan fingerprint density at radius 3 is 2.73 bits per heavy atom. The highest BCUT2D eigenvalue weighted by molar-refractivity contribution is 5.94. The Morgan fingerprint density at radius 2 is 2.09 bits per heavy atom. The molecule has 0 radical (unpaired) electrons. The van der Waals surface area contributed by atoms with E-state index in [2.05, 4.69) is 12.2 Å². The number of amides is 1. The molecule has 0 aliphatic carbocycles. The van der Waals surface area contributed by atoms with Crippen LogP contribution in [0, 0.1) is 0 Å². The minimum atomic E-state index is -0.121. The zero-order valence-corrected chi connectivity index (χ0v) is 14.0. The standard InChI is InChI=1S/C17H27NO4/c1-5-9-21-12-15-10-14(7-8-16(15)22-6-2)17(19)18-13(3)11-20-4/h7-8,10,13H,5-6,9,11-12H2,1-4H3,(H,18,19)/t13-/m0/s1. The molecule has 124 valence electrons. The van der Waals surface area contributed by atoms with Gasteiger partial charge in [0.2, 0.25) is 0 Å². The predicted octanol–water partition coefficient (Wildman–Crippen LogP) is 2.78. The summed E-state index contributed by atoms with van der Waals surface area (Å²) in [6, 6.07) is 5.38. The lowest BCUT2D eigenvalue weighted by atomic mass is 10.1. The van der Waals surface area contributed by atoms with Crippen LogP contribution in [0.5, 0.6) is 5.75 Å². The number of benzene rings is 1. The number of hydrogen-bond donors (Lipinski definition) is 1. The van der Waals surface area contributed by atoms with Gasteiger partial charge in [-0.25, -0.2) is 0 Å². The van der Waals surface area contributed by atoms with Crippen LogP contribution in [0.3, 0.4) is 0 Å². The molecule has 1 amide bonds. The van der Waals surface area contributed by atoms with E-state index in [-0.39, 0.29) is 11.9 Å². The first kappa shape index (κ1) is 18.5. The van der Waals surface area contributed by atoms with E-state index in [0.717, 1.165) is 17.7 Å². The zero-order valence-electron chi connectivity index (χ0n) is 14.0. The maximum atomic E-state index is 12.2. The maximum Gasteiger partial charge on any atom is 0.251 e. The van der Waals surface area contributed by atoms with Gasteiger partial charge >= 0.3 is 0 Å². The predicted molar refractivity (Wildman–Crippen MR) is 86.4 cm³/mol. The Balaban J connectivity index is 2.82. The molecule has 0 saturated heterocycles. The quantitative estimate of drug-likeness (QED) is 0.675. The molecule has 0 spiro atoms. The average Bonchev–Trinajstić information content (AvgIpc) is 2.49. The molecule has 0 heterocycles. The fraction of sp³-hybridized carbons (Fsp3) is 0.588.